The molecule has 0 spiro atoms. The van der Waals surface area contributed by atoms with Crippen LogP contribution in [-0.4, -0.2) is 184 Å². The van der Waals surface area contributed by atoms with Crippen LogP contribution in [0.1, 0.15) is 250 Å². The van der Waals surface area contributed by atoms with Gasteiger partial charge in [0.05, 0.1) is 11.1 Å². The number of carbonyl (C=O) groups excluding carboxylic acids is 13. The Morgan fingerprint density at radius 3 is 1.00 bits per heavy atom. The summed E-state index contributed by atoms with van der Waals surface area (Å²) in [6.07, 6.45) is 10.1. The first-order valence-corrected chi connectivity index (χ1v) is 33.8. The average molecular weight is 1490 g/mol. The lowest BCUT2D eigenvalue weighted by Gasteiger charge is -2.35. The van der Waals surface area contributed by atoms with Crippen LogP contribution in [0.25, 0.3) is 0 Å². The second-order valence-electron chi connectivity index (χ2n) is 21.5. The summed E-state index contributed by atoms with van der Waals surface area (Å²) >= 11 is 0. The molecule has 3 amide bonds. The van der Waals surface area contributed by atoms with Gasteiger partial charge >= 0.3 is 0 Å². The summed E-state index contributed by atoms with van der Waals surface area (Å²) in [6, 6.07) is 9.89. The van der Waals surface area contributed by atoms with Crippen LogP contribution in [0.3, 0.4) is 0 Å². The molecule has 0 radical (unpaired) electrons. The smallest absolute Gasteiger partial charge is 0.245 e. The largest absolute Gasteiger partial charge is 0.394 e. The van der Waals surface area contributed by atoms with Crippen molar-refractivity contribution in [1.29, 1.82) is 0 Å². The number of ether oxygens (including phenoxy) is 1. The number of amides is 3. The van der Waals surface area contributed by atoms with Gasteiger partial charge in [0, 0.05) is 51.6 Å². The number of carbonyl (C=O) groups is 13. The summed E-state index contributed by atoms with van der Waals surface area (Å²) in [6.45, 7) is 73.8. The molecule has 0 aromatic heterocycles. The lowest BCUT2D eigenvalue weighted by molar-refractivity contribution is -0.144. The SMILES string of the molecule is C=O.C=O.C=O.C=O.C=O.C=O.C=O.C=O.C=O.CC.CC.CC(=O)N1CCCC1(C)C(=O)C[C@H](C(=O)N[C@@H](CC(C)C)C(=O)N1CCCCC1)C(C)C.CC(C)O.CCC(C)C.CCC(C)C.CCC(C)C.CCOC(C)(C)C.CCc1ccccc1.CN.CN.CN.CN.CN.N.N.N.N. The van der Waals surface area contributed by atoms with Gasteiger partial charge in [0.2, 0.25) is 17.7 Å². The highest BCUT2D eigenvalue weighted by atomic mass is 16.5. The molecule has 2 saturated heterocycles. The number of likely N-dealkylation sites (tertiary alicyclic amines) is 2. The second-order valence-corrected chi connectivity index (χ2v) is 21.5. The number of piperidine rings is 1. The zero-order chi connectivity index (χ0) is 84.2. The summed E-state index contributed by atoms with van der Waals surface area (Å²) in [7, 11) is 7.50. The van der Waals surface area contributed by atoms with Gasteiger partial charge in [-0.15, -0.1) is 0 Å². The molecule has 3 rings (SSSR count). The van der Waals surface area contributed by atoms with Crippen LogP contribution in [0.5, 0.6) is 0 Å². The quantitative estimate of drug-likeness (QED) is 0.0824. The number of aliphatic hydroxyl groups excluding tert-OH is 1. The number of nitrogens with one attached hydrogen (secondary N) is 1. The van der Waals surface area contributed by atoms with E-state index in [1.165, 1.54) is 67.0 Å². The number of nitrogens with zero attached hydrogens (tertiary/aromatic N) is 2. The molecule has 27 nitrogen and oxygen atoms in total. The fourth-order valence-corrected chi connectivity index (χ4v) is 6.26. The molecule has 2 aliphatic heterocycles. The van der Waals surface area contributed by atoms with Crippen LogP contribution < -0.4 is 58.6 Å². The molecule has 1 aromatic rings. The molecule has 24 N–H and O–H groups in total. The van der Waals surface area contributed by atoms with E-state index in [1.807, 2.05) is 141 Å². The zero-order valence-corrected chi connectivity index (χ0v) is 72.2. The van der Waals surface area contributed by atoms with Gasteiger partial charge in [-0.3, -0.25) is 19.2 Å². The van der Waals surface area contributed by atoms with Crippen molar-refractivity contribution >= 4 is 84.6 Å². The first-order chi connectivity index (χ1) is 46.5. The molecular weight excluding hydrogens is 1310 g/mol. The van der Waals surface area contributed by atoms with E-state index in [2.05, 4.69) is 148 Å². The Morgan fingerprint density at radius 1 is 0.520 bits per heavy atom. The molecule has 2 heterocycles. The van der Waals surface area contributed by atoms with Gasteiger partial charge in [-0.1, -0.05) is 174 Å². The molecule has 0 bridgehead atoms. The fraction of sp³-hybridized carbons (Fsp3) is 0.747. The predicted octanol–water partition coefficient (Wildman–Crippen LogP) is 12.7. The van der Waals surface area contributed by atoms with Gasteiger partial charge in [-0.05, 0) is 164 Å². The Hall–Kier alpha value is -6.11. The number of nitrogens with two attached hydrogens (primary N) is 5. The van der Waals surface area contributed by atoms with E-state index in [1.54, 1.807) is 18.7 Å². The molecule has 0 aliphatic carbocycles. The van der Waals surface area contributed by atoms with Crippen molar-refractivity contribution < 1.29 is 72.2 Å². The normalized spacial score (nSPS) is 11.4. The Bertz CT molecular complexity index is 1490. The maximum absolute atomic E-state index is 13.3. The van der Waals surface area contributed by atoms with Crippen LogP contribution in [0.4, 0.5) is 0 Å². The van der Waals surface area contributed by atoms with Gasteiger partial charge in [-0.25, -0.2) is 0 Å². The van der Waals surface area contributed by atoms with E-state index >= 15 is 0 Å². The fourth-order valence-electron chi connectivity index (χ4n) is 6.26. The minimum Gasteiger partial charge on any atom is -0.394 e. The highest BCUT2D eigenvalue weighted by Crippen LogP contribution is 2.33. The highest BCUT2D eigenvalue weighted by Gasteiger charge is 2.45. The van der Waals surface area contributed by atoms with E-state index in [4.69, 9.17) is 53.0 Å². The summed E-state index contributed by atoms with van der Waals surface area (Å²) in [5, 5.41) is 11.1. The molecule has 628 valence electrons. The molecule has 2 aliphatic rings. The maximum atomic E-state index is 13.3. The molecule has 27 heteroatoms. The highest BCUT2D eigenvalue weighted by molar-refractivity contribution is 5.96. The molecule has 1 aromatic carbocycles. The molecule has 1 unspecified atom stereocenters. The molecule has 102 heavy (non-hydrogen) atoms. The van der Waals surface area contributed by atoms with Crippen molar-refractivity contribution in [3.8, 4) is 0 Å². The lowest BCUT2D eigenvalue weighted by Crippen LogP contribution is -2.54. The third-order valence-corrected chi connectivity index (χ3v) is 11.4. The molecule has 2 fully saturated rings. The second kappa shape index (κ2) is 157. The molecular formula is C75H178N12O15. The van der Waals surface area contributed by atoms with Crippen molar-refractivity contribution in [2.75, 3.05) is 61.5 Å². The minimum absolute atomic E-state index is 0. The number of ketones is 1. The lowest BCUT2D eigenvalue weighted by atomic mass is 9.82. The Balaban J connectivity index is -0.0000000331. The van der Waals surface area contributed by atoms with Crippen LogP contribution in [-0.2, 0) is 73.5 Å². The van der Waals surface area contributed by atoms with E-state index in [0.29, 0.717) is 19.4 Å². The number of Topliss-reactive ketones (excluding diaryl/α,β-unsaturated/α-hetero) is 1. The molecule has 0 saturated carbocycles. The number of hydrogen-bond donors (Lipinski definition) is 11. The standard InChI is InChI=1S/C25H43N3O4.C8H10.C6H14O.3C5H12.C3H8O.2C2H6.5CH5N.9CH2O.4H3N/c1-17(2)15-21(24(32)27-12-8-7-9-13-27)26-23(31)20(18(3)4)16-22(30)25(6)11-10-14-28(25)19(5)29;1-2-8-6-4-3-5-7-8;1-5-7-6(2,3)4;3*1-4-5(2)3;1-3(2)4;16*1-2;;;;/h17-18,20-21H,7-16H2,1-6H3,(H,26,31);3-7H,2H2,1H3;5H2,1-4H3;3*5H,4H2,1-3H3;3-4H,1-2H3;2*1-2H3;5*2H2,1H3;9*1H2;4*1H3/t20-,21-,25?;;;;;;;;;;;;;;;;;;;;;;;;;;/m0........................../s1. The predicted molar refractivity (Wildman–Crippen MR) is 442 cm³/mol. The van der Waals surface area contributed by atoms with Crippen LogP contribution in [0.2, 0.25) is 0 Å². The van der Waals surface area contributed by atoms with Gasteiger partial charge in [-0.2, -0.15) is 0 Å². The van der Waals surface area contributed by atoms with E-state index in [-0.39, 0.29) is 78.1 Å². The van der Waals surface area contributed by atoms with E-state index < -0.39 is 17.5 Å². The number of benzene rings is 1. The Labute approximate surface area is 629 Å². The minimum atomic E-state index is -0.847. The first kappa shape index (κ1) is 167. The van der Waals surface area contributed by atoms with Crippen molar-refractivity contribution in [1.82, 2.24) is 39.7 Å². The topological polar surface area (TPSA) is 540 Å². The van der Waals surface area contributed by atoms with Crippen molar-refractivity contribution in [3.05, 3.63) is 35.9 Å². The van der Waals surface area contributed by atoms with Crippen LogP contribution >= 0.6 is 0 Å². The molecule has 3 atom stereocenters. The number of aryl methyl sites for hydroxylation is 1. The Morgan fingerprint density at radius 2 is 0.804 bits per heavy atom. The van der Waals surface area contributed by atoms with Crippen LogP contribution in [0.15, 0.2) is 30.3 Å². The van der Waals surface area contributed by atoms with E-state index in [9.17, 15) is 19.2 Å². The third kappa shape index (κ3) is 152. The van der Waals surface area contributed by atoms with Crippen molar-refractivity contribution in [2.45, 2.75) is 274 Å². The van der Waals surface area contributed by atoms with Gasteiger partial charge in [0.15, 0.2) is 5.78 Å². The maximum Gasteiger partial charge on any atom is 0.245 e. The summed E-state index contributed by atoms with van der Waals surface area (Å²) in [5.74, 6) is 1.91. The van der Waals surface area contributed by atoms with Gasteiger partial charge < -0.3 is 121 Å². The van der Waals surface area contributed by atoms with Crippen molar-refractivity contribution in [3.63, 3.8) is 0 Å². The number of rotatable bonds is 14. The summed E-state index contributed by atoms with van der Waals surface area (Å²) in [4.78, 5) is 127. The monoisotopic (exact) mass is 1490 g/mol. The third-order valence-electron chi connectivity index (χ3n) is 11.4. The zero-order valence-electron chi connectivity index (χ0n) is 72.2. The van der Waals surface area contributed by atoms with Gasteiger partial charge in [0.25, 0.3) is 0 Å². The Kier molecular flexibility index (Phi) is 258. The average Bonchev–Trinajstić information content (AvgIpc) is 1.59. The van der Waals surface area contributed by atoms with Crippen LogP contribution in [0, 0.1) is 35.5 Å². The summed E-state index contributed by atoms with van der Waals surface area (Å²) in [5.41, 5.74) is 23.1. The van der Waals surface area contributed by atoms with Crippen molar-refractivity contribution in [2.24, 2.45) is 64.2 Å². The van der Waals surface area contributed by atoms with E-state index in [0.717, 1.165) is 69.6 Å². The first-order valence-electron chi connectivity index (χ1n) is 33.8. The number of aliphatic hydroxyl groups is 1. The number of hydrogen-bond acceptors (Lipinski definition) is 24. The van der Waals surface area contributed by atoms with Gasteiger partial charge in [0.1, 0.15) is 67.1 Å². The summed E-state index contributed by atoms with van der Waals surface area (Å²) < 4.78 is 5.23.